The van der Waals surface area contributed by atoms with E-state index in [4.69, 9.17) is 9.47 Å². The number of benzene rings is 2. The molecule has 1 aromatic heterocycles. The molecule has 8 nitrogen and oxygen atoms in total. The number of rotatable bonds is 5. The van der Waals surface area contributed by atoms with E-state index in [1.807, 2.05) is 24.3 Å². The fourth-order valence-corrected chi connectivity index (χ4v) is 2.89. The van der Waals surface area contributed by atoms with Gasteiger partial charge in [-0.05, 0) is 47.7 Å². The predicted octanol–water partition coefficient (Wildman–Crippen LogP) is 3.44. The van der Waals surface area contributed by atoms with Gasteiger partial charge in [-0.2, -0.15) is 4.68 Å². The van der Waals surface area contributed by atoms with E-state index in [-0.39, 0.29) is 12.6 Å². The summed E-state index contributed by atoms with van der Waals surface area (Å²) in [6.07, 6.45) is 3.39. The summed E-state index contributed by atoms with van der Waals surface area (Å²) in [7, 11) is 0. The second kappa shape index (κ2) is 7.20. The van der Waals surface area contributed by atoms with Crippen LogP contribution < -0.4 is 14.8 Å². The quantitative estimate of drug-likeness (QED) is 0.623. The maximum atomic E-state index is 11.9. The Labute approximate surface area is 162 Å². The van der Waals surface area contributed by atoms with Gasteiger partial charge in [0.05, 0.1) is 11.4 Å². The molecule has 1 aliphatic heterocycles. The Bertz CT molecular complexity index is 1030. The van der Waals surface area contributed by atoms with Gasteiger partial charge in [0.1, 0.15) is 0 Å². The first-order valence-corrected chi connectivity index (χ1v) is 8.83. The number of ether oxygens (including phenoxy) is 2. The number of halogens is 1. The van der Waals surface area contributed by atoms with E-state index >= 15 is 0 Å². The molecule has 0 amide bonds. The zero-order valence-electron chi connectivity index (χ0n) is 14.2. The summed E-state index contributed by atoms with van der Waals surface area (Å²) in [6, 6.07) is 11.0. The molecule has 0 unspecified atom stereocenters. The number of tetrazole rings is 1. The number of nitrogens with one attached hydrogen (secondary N) is 1. The largest absolute Gasteiger partial charge is 0.454 e. The zero-order chi connectivity index (χ0) is 18.8. The first-order valence-electron chi connectivity index (χ1n) is 8.04. The van der Waals surface area contributed by atoms with Gasteiger partial charge < -0.3 is 14.8 Å². The fraction of sp³-hybridized carbons (Fsp3) is 0.111. The van der Waals surface area contributed by atoms with Gasteiger partial charge in [0, 0.05) is 28.4 Å². The van der Waals surface area contributed by atoms with E-state index in [2.05, 4.69) is 36.8 Å². The van der Waals surface area contributed by atoms with E-state index < -0.39 is 0 Å². The molecule has 0 fully saturated rings. The van der Waals surface area contributed by atoms with Crippen molar-refractivity contribution < 1.29 is 14.3 Å². The lowest BCUT2D eigenvalue weighted by Gasteiger charge is -2.08. The standard InChI is InChI=1S/C18H14BrN5O3/c1-11(25)14-8-16-17(27-10-26-16)9-15(14)20-7-6-18-21-22-23-24(18)13-4-2-12(19)3-5-13/h2-9,20H,10H2,1H3/b7-6+. The van der Waals surface area contributed by atoms with Gasteiger partial charge in [0.25, 0.3) is 0 Å². The maximum absolute atomic E-state index is 11.9. The van der Waals surface area contributed by atoms with Gasteiger partial charge in [-0.3, -0.25) is 4.79 Å². The number of hydrogen-bond acceptors (Lipinski definition) is 7. The van der Waals surface area contributed by atoms with E-state index in [1.54, 1.807) is 29.1 Å². The Kier molecular flexibility index (Phi) is 4.59. The number of anilines is 1. The number of Topliss-reactive ketones (excluding diaryl/α,β-unsaturated/α-hetero) is 1. The molecule has 1 N–H and O–H groups in total. The summed E-state index contributed by atoms with van der Waals surface area (Å²) in [5, 5.41) is 14.8. The Hall–Kier alpha value is -3.20. The number of carbonyl (C=O) groups excluding carboxylic acids is 1. The van der Waals surface area contributed by atoms with Gasteiger partial charge in [0.15, 0.2) is 23.1 Å². The van der Waals surface area contributed by atoms with Crippen LogP contribution in [-0.4, -0.2) is 32.8 Å². The lowest BCUT2D eigenvalue weighted by Crippen LogP contribution is -2.01. The number of aromatic nitrogens is 4. The van der Waals surface area contributed by atoms with E-state index in [0.717, 1.165) is 10.2 Å². The molecule has 0 saturated carbocycles. The van der Waals surface area contributed by atoms with Crippen LogP contribution in [0.15, 0.2) is 47.1 Å². The van der Waals surface area contributed by atoms with Gasteiger partial charge in [-0.25, -0.2) is 0 Å². The molecule has 0 bridgehead atoms. The van der Waals surface area contributed by atoms with Gasteiger partial charge in [-0.15, -0.1) is 5.10 Å². The van der Waals surface area contributed by atoms with Crippen molar-refractivity contribution in [3.8, 4) is 17.2 Å². The number of fused-ring (bicyclic) bond motifs is 1. The van der Waals surface area contributed by atoms with Crippen LogP contribution in [0.25, 0.3) is 11.8 Å². The van der Waals surface area contributed by atoms with Crippen LogP contribution in [0.3, 0.4) is 0 Å². The molecule has 0 spiro atoms. The molecule has 2 heterocycles. The Morgan fingerprint density at radius 1 is 1.22 bits per heavy atom. The van der Waals surface area contributed by atoms with Crippen molar-refractivity contribution in [3.05, 3.63) is 58.5 Å². The molecule has 0 aliphatic carbocycles. The molecular weight excluding hydrogens is 414 g/mol. The average molecular weight is 428 g/mol. The summed E-state index contributed by atoms with van der Waals surface area (Å²) in [5.74, 6) is 1.61. The van der Waals surface area contributed by atoms with Gasteiger partial charge in [0.2, 0.25) is 6.79 Å². The molecule has 0 saturated heterocycles. The Morgan fingerprint density at radius 3 is 2.70 bits per heavy atom. The van der Waals surface area contributed by atoms with Crippen LogP contribution >= 0.6 is 15.9 Å². The molecule has 0 radical (unpaired) electrons. The minimum atomic E-state index is -0.0797. The highest BCUT2D eigenvalue weighted by Gasteiger charge is 2.18. The predicted molar refractivity (Wildman–Crippen MR) is 102 cm³/mol. The lowest BCUT2D eigenvalue weighted by molar-refractivity contribution is 0.101. The van der Waals surface area contributed by atoms with Crippen LogP contribution in [0.1, 0.15) is 23.1 Å². The third-order valence-corrected chi connectivity index (χ3v) is 4.46. The van der Waals surface area contributed by atoms with Crippen molar-refractivity contribution in [2.24, 2.45) is 0 Å². The van der Waals surface area contributed by atoms with E-state index in [0.29, 0.717) is 28.6 Å². The molecule has 1 aliphatic rings. The molecule has 2 aromatic carbocycles. The number of nitrogens with zero attached hydrogens (tertiary/aromatic N) is 4. The summed E-state index contributed by atoms with van der Waals surface area (Å²) < 4.78 is 13.3. The van der Waals surface area contributed by atoms with Crippen LogP contribution in [-0.2, 0) is 0 Å². The summed E-state index contributed by atoms with van der Waals surface area (Å²) >= 11 is 3.40. The van der Waals surface area contributed by atoms with Crippen LogP contribution in [0.2, 0.25) is 0 Å². The summed E-state index contributed by atoms with van der Waals surface area (Å²) in [6.45, 7) is 1.65. The van der Waals surface area contributed by atoms with Crippen molar-refractivity contribution in [1.82, 2.24) is 20.2 Å². The van der Waals surface area contributed by atoms with Crippen molar-refractivity contribution in [2.45, 2.75) is 6.92 Å². The molecular formula is C18H14BrN5O3. The van der Waals surface area contributed by atoms with Crippen LogP contribution in [0.5, 0.6) is 11.5 Å². The van der Waals surface area contributed by atoms with Gasteiger partial charge in [-0.1, -0.05) is 15.9 Å². The second-order valence-corrected chi connectivity index (χ2v) is 6.63. The normalized spacial score (nSPS) is 12.5. The minimum absolute atomic E-state index is 0.0797. The van der Waals surface area contributed by atoms with Crippen molar-refractivity contribution in [1.29, 1.82) is 0 Å². The molecule has 0 atom stereocenters. The third-order valence-electron chi connectivity index (χ3n) is 3.93. The van der Waals surface area contributed by atoms with Crippen molar-refractivity contribution in [3.63, 3.8) is 0 Å². The highest BCUT2D eigenvalue weighted by Crippen LogP contribution is 2.37. The average Bonchev–Trinajstić information content (AvgIpc) is 3.30. The van der Waals surface area contributed by atoms with E-state index in [1.165, 1.54) is 6.92 Å². The summed E-state index contributed by atoms with van der Waals surface area (Å²) in [4.78, 5) is 11.9. The molecule has 3 aromatic rings. The fourth-order valence-electron chi connectivity index (χ4n) is 2.62. The smallest absolute Gasteiger partial charge is 0.231 e. The topological polar surface area (TPSA) is 91.2 Å². The third kappa shape index (κ3) is 3.54. The highest BCUT2D eigenvalue weighted by molar-refractivity contribution is 9.10. The monoisotopic (exact) mass is 427 g/mol. The van der Waals surface area contributed by atoms with Crippen molar-refractivity contribution in [2.75, 3.05) is 12.1 Å². The lowest BCUT2D eigenvalue weighted by atomic mass is 10.1. The molecule has 4 rings (SSSR count). The zero-order valence-corrected chi connectivity index (χ0v) is 15.8. The maximum Gasteiger partial charge on any atom is 0.231 e. The number of ketones is 1. The van der Waals surface area contributed by atoms with Gasteiger partial charge >= 0.3 is 0 Å². The molecule has 9 heteroatoms. The summed E-state index contributed by atoms with van der Waals surface area (Å²) in [5.41, 5.74) is 1.96. The van der Waals surface area contributed by atoms with Crippen LogP contribution in [0.4, 0.5) is 5.69 Å². The highest BCUT2D eigenvalue weighted by atomic mass is 79.9. The SMILES string of the molecule is CC(=O)c1cc2c(cc1N/C=C/c1nnnn1-c1ccc(Br)cc1)OCO2. The first kappa shape index (κ1) is 17.2. The van der Waals surface area contributed by atoms with Crippen molar-refractivity contribution >= 4 is 33.5 Å². The Morgan fingerprint density at radius 2 is 1.96 bits per heavy atom. The van der Waals surface area contributed by atoms with E-state index in [9.17, 15) is 4.79 Å². The number of hydrogen-bond donors (Lipinski definition) is 1. The molecule has 27 heavy (non-hydrogen) atoms. The second-order valence-electron chi connectivity index (χ2n) is 5.71. The number of carbonyl (C=O) groups is 1. The van der Waals surface area contributed by atoms with Crippen LogP contribution in [0, 0.1) is 0 Å². The first-order chi connectivity index (χ1) is 13.1. The molecule has 136 valence electrons. The minimum Gasteiger partial charge on any atom is -0.454 e. The Balaban J connectivity index is 1.58.